The zero-order valence-electron chi connectivity index (χ0n) is 21.8. The molecular formula is C33H26N4O3. The molecule has 0 aliphatic carbocycles. The van der Waals surface area contributed by atoms with Gasteiger partial charge in [0.2, 0.25) is 0 Å². The van der Waals surface area contributed by atoms with E-state index in [-0.39, 0.29) is 0 Å². The molecule has 40 heavy (non-hydrogen) atoms. The Morgan fingerprint density at radius 3 is 2.12 bits per heavy atom. The third-order valence-corrected chi connectivity index (χ3v) is 6.53. The first-order valence-corrected chi connectivity index (χ1v) is 12.8. The van der Waals surface area contributed by atoms with Gasteiger partial charge in [-0.2, -0.15) is 10.1 Å². The summed E-state index contributed by atoms with van der Waals surface area (Å²) in [5.74, 6) is 1.49. The molecule has 0 amide bonds. The van der Waals surface area contributed by atoms with Crippen LogP contribution < -0.4 is 15.2 Å². The summed E-state index contributed by atoms with van der Waals surface area (Å²) in [6, 6.07) is 37.1. The average molecular weight is 527 g/mol. The maximum atomic E-state index is 12.7. The number of nitrogens with one attached hydrogen (secondary N) is 1. The van der Waals surface area contributed by atoms with Crippen molar-refractivity contribution < 1.29 is 9.47 Å². The van der Waals surface area contributed by atoms with Crippen molar-refractivity contribution in [2.24, 2.45) is 0 Å². The SMILES string of the molecule is COc1ccc(-c2cc(-c3cn(-c4ccccc4)nc3-c3ccc(OCc4ccccc4)cc3)[nH]c(=O)n2)cc1. The predicted octanol–water partition coefficient (Wildman–Crippen LogP) is 6.54. The van der Waals surface area contributed by atoms with Gasteiger partial charge in [-0.15, -0.1) is 0 Å². The molecule has 196 valence electrons. The Bertz CT molecular complexity index is 1780. The largest absolute Gasteiger partial charge is 0.497 e. The highest BCUT2D eigenvalue weighted by Crippen LogP contribution is 2.33. The van der Waals surface area contributed by atoms with Crippen LogP contribution >= 0.6 is 0 Å². The maximum absolute atomic E-state index is 12.7. The molecule has 4 aromatic carbocycles. The third-order valence-electron chi connectivity index (χ3n) is 6.53. The zero-order valence-corrected chi connectivity index (χ0v) is 21.8. The normalized spacial score (nSPS) is 10.8. The lowest BCUT2D eigenvalue weighted by Gasteiger charge is -2.08. The lowest BCUT2D eigenvalue weighted by atomic mass is 10.0. The van der Waals surface area contributed by atoms with E-state index in [1.165, 1.54) is 0 Å². The van der Waals surface area contributed by atoms with Crippen LogP contribution in [0.15, 0.2) is 126 Å². The lowest BCUT2D eigenvalue weighted by molar-refractivity contribution is 0.306. The molecule has 1 N–H and O–H groups in total. The number of aromatic nitrogens is 4. The van der Waals surface area contributed by atoms with Crippen LogP contribution in [-0.2, 0) is 6.61 Å². The summed E-state index contributed by atoms with van der Waals surface area (Å²) in [5.41, 5.74) is 5.94. The number of hydrogen-bond donors (Lipinski definition) is 1. The van der Waals surface area contributed by atoms with Crippen LogP contribution in [0.5, 0.6) is 11.5 Å². The number of para-hydroxylation sites is 1. The standard InChI is InChI=1S/C33H26N4O3/c1-39-27-16-12-24(13-17-27)30-20-31(35-33(38)34-30)29-21-37(26-10-6-3-7-11-26)36-32(29)25-14-18-28(19-15-25)40-22-23-8-4-2-5-9-23/h2-21H,22H2,1H3,(H,34,35,38). The van der Waals surface area contributed by atoms with Gasteiger partial charge in [0.05, 0.1) is 24.2 Å². The van der Waals surface area contributed by atoms with Gasteiger partial charge in [0.25, 0.3) is 0 Å². The van der Waals surface area contributed by atoms with Crippen molar-refractivity contribution in [1.82, 2.24) is 19.7 Å². The molecule has 2 aromatic heterocycles. The second-order valence-corrected chi connectivity index (χ2v) is 9.18. The molecule has 2 heterocycles. The Balaban J connectivity index is 1.38. The fraction of sp³-hybridized carbons (Fsp3) is 0.0606. The number of methoxy groups -OCH3 is 1. The molecular weight excluding hydrogens is 500 g/mol. The Hall–Kier alpha value is -5.43. The van der Waals surface area contributed by atoms with Gasteiger partial charge in [0, 0.05) is 22.9 Å². The minimum atomic E-state index is -0.439. The minimum Gasteiger partial charge on any atom is -0.497 e. The summed E-state index contributed by atoms with van der Waals surface area (Å²) in [7, 11) is 1.62. The molecule has 6 aromatic rings. The molecule has 7 nitrogen and oxygen atoms in total. The number of rotatable bonds is 8. The van der Waals surface area contributed by atoms with Gasteiger partial charge in [-0.3, -0.25) is 0 Å². The molecule has 7 heteroatoms. The van der Waals surface area contributed by atoms with E-state index in [1.54, 1.807) is 7.11 Å². The number of hydrogen-bond acceptors (Lipinski definition) is 5. The van der Waals surface area contributed by atoms with Crippen LogP contribution in [0, 0.1) is 0 Å². The summed E-state index contributed by atoms with van der Waals surface area (Å²) >= 11 is 0. The van der Waals surface area contributed by atoms with Crippen molar-refractivity contribution in [3.8, 4) is 51.0 Å². The molecule has 0 fully saturated rings. The molecule has 0 radical (unpaired) electrons. The highest BCUT2D eigenvalue weighted by atomic mass is 16.5. The molecule has 0 aliphatic rings. The molecule has 0 spiro atoms. The third kappa shape index (κ3) is 5.39. The Labute approximate surface area is 231 Å². The summed E-state index contributed by atoms with van der Waals surface area (Å²) in [4.78, 5) is 19.8. The van der Waals surface area contributed by atoms with E-state index in [2.05, 4.69) is 9.97 Å². The maximum Gasteiger partial charge on any atom is 0.345 e. The second kappa shape index (κ2) is 11.1. The van der Waals surface area contributed by atoms with Crippen molar-refractivity contribution in [1.29, 1.82) is 0 Å². The Morgan fingerprint density at radius 2 is 1.43 bits per heavy atom. The van der Waals surface area contributed by atoms with Crippen LogP contribution in [0.3, 0.4) is 0 Å². The van der Waals surface area contributed by atoms with E-state index in [0.29, 0.717) is 18.0 Å². The van der Waals surface area contributed by atoms with Crippen molar-refractivity contribution in [2.45, 2.75) is 6.61 Å². The highest BCUT2D eigenvalue weighted by Gasteiger charge is 2.17. The van der Waals surface area contributed by atoms with Crippen molar-refractivity contribution >= 4 is 0 Å². The summed E-state index contributed by atoms with van der Waals surface area (Å²) in [5, 5.41) is 4.92. The molecule has 0 atom stereocenters. The van der Waals surface area contributed by atoms with Crippen LogP contribution in [0.1, 0.15) is 5.56 Å². The highest BCUT2D eigenvalue weighted by molar-refractivity contribution is 5.80. The number of benzene rings is 4. The van der Waals surface area contributed by atoms with Gasteiger partial charge in [-0.1, -0.05) is 48.5 Å². The smallest absolute Gasteiger partial charge is 0.345 e. The van der Waals surface area contributed by atoms with E-state index in [1.807, 2.05) is 126 Å². The topological polar surface area (TPSA) is 82.0 Å². The van der Waals surface area contributed by atoms with E-state index >= 15 is 0 Å². The van der Waals surface area contributed by atoms with Crippen LogP contribution in [-0.4, -0.2) is 26.9 Å². The van der Waals surface area contributed by atoms with E-state index < -0.39 is 5.69 Å². The second-order valence-electron chi connectivity index (χ2n) is 9.18. The Morgan fingerprint density at radius 1 is 0.775 bits per heavy atom. The quantitative estimate of drug-likeness (QED) is 0.243. The molecule has 0 aliphatic heterocycles. The van der Waals surface area contributed by atoms with Crippen LogP contribution in [0.25, 0.3) is 39.5 Å². The van der Waals surface area contributed by atoms with Crippen LogP contribution in [0.2, 0.25) is 0 Å². The van der Waals surface area contributed by atoms with Crippen molar-refractivity contribution in [3.05, 3.63) is 138 Å². The van der Waals surface area contributed by atoms with E-state index in [0.717, 1.165) is 45.1 Å². The van der Waals surface area contributed by atoms with Gasteiger partial charge < -0.3 is 14.5 Å². The van der Waals surface area contributed by atoms with Gasteiger partial charge in [0.15, 0.2) is 0 Å². The van der Waals surface area contributed by atoms with Crippen LogP contribution in [0.4, 0.5) is 0 Å². The molecule has 0 bridgehead atoms. The summed E-state index contributed by atoms with van der Waals surface area (Å²) < 4.78 is 13.1. The first-order valence-electron chi connectivity index (χ1n) is 12.8. The molecule has 0 saturated carbocycles. The van der Waals surface area contributed by atoms with Crippen molar-refractivity contribution in [2.75, 3.05) is 7.11 Å². The average Bonchev–Trinajstić information content (AvgIpc) is 3.47. The van der Waals surface area contributed by atoms with E-state index in [9.17, 15) is 4.79 Å². The zero-order chi connectivity index (χ0) is 27.3. The van der Waals surface area contributed by atoms with Crippen molar-refractivity contribution in [3.63, 3.8) is 0 Å². The first-order chi connectivity index (χ1) is 19.7. The van der Waals surface area contributed by atoms with Gasteiger partial charge in [0.1, 0.15) is 23.8 Å². The fourth-order valence-corrected chi connectivity index (χ4v) is 4.46. The summed E-state index contributed by atoms with van der Waals surface area (Å²) in [6.45, 7) is 0.487. The van der Waals surface area contributed by atoms with Gasteiger partial charge >= 0.3 is 5.69 Å². The number of ether oxygens (including phenoxy) is 2. The fourth-order valence-electron chi connectivity index (χ4n) is 4.46. The number of aromatic amines is 1. The lowest BCUT2D eigenvalue weighted by Crippen LogP contribution is -2.12. The minimum absolute atomic E-state index is 0.439. The molecule has 0 saturated heterocycles. The molecule has 6 rings (SSSR count). The van der Waals surface area contributed by atoms with Gasteiger partial charge in [-0.05, 0) is 72.3 Å². The summed E-state index contributed by atoms with van der Waals surface area (Å²) in [6.07, 6.45) is 1.92. The number of H-pyrrole nitrogens is 1. The van der Waals surface area contributed by atoms with Gasteiger partial charge in [-0.25, -0.2) is 9.48 Å². The van der Waals surface area contributed by atoms with E-state index in [4.69, 9.17) is 14.6 Å². The number of nitrogens with zero attached hydrogens (tertiary/aromatic N) is 3. The first kappa shape index (κ1) is 24.9. The Kier molecular flexibility index (Phi) is 6.92. The molecule has 0 unspecified atom stereocenters. The predicted molar refractivity (Wildman–Crippen MR) is 156 cm³/mol. The monoisotopic (exact) mass is 526 g/mol.